The zero-order valence-corrected chi connectivity index (χ0v) is 11.9. The van der Waals surface area contributed by atoms with Gasteiger partial charge in [0.2, 0.25) is 0 Å². The standard InChI is InChI=1S/C15H21NO4/c1-19-13-8-12(17)11(7-10(13)14(18)20-2)15(9-16)5-3-4-6-15/h7-8,17H,3-6,9,16H2,1-2H3. The van der Waals surface area contributed by atoms with Crippen LogP contribution in [0.15, 0.2) is 12.1 Å². The third-order valence-corrected chi connectivity index (χ3v) is 4.25. The molecule has 0 atom stereocenters. The van der Waals surface area contributed by atoms with Gasteiger partial charge in [0.25, 0.3) is 0 Å². The maximum absolute atomic E-state index is 11.8. The largest absolute Gasteiger partial charge is 0.508 e. The van der Waals surface area contributed by atoms with Gasteiger partial charge in [0.1, 0.15) is 17.1 Å². The summed E-state index contributed by atoms with van der Waals surface area (Å²) in [7, 11) is 2.78. The molecule has 5 heteroatoms. The Morgan fingerprint density at radius 1 is 1.35 bits per heavy atom. The molecular formula is C15H21NO4. The molecule has 1 aromatic rings. The maximum atomic E-state index is 11.8. The van der Waals surface area contributed by atoms with Crippen LogP contribution < -0.4 is 10.5 Å². The Morgan fingerprint density at radius 3 is 2.50 bits per heavy atom. The van der Waals surface area contributed by atoms with Crippen molar-refractivity contribution in [1.29, 1.82) is 0 Å². The van der Waals surface area contributed by atoms with E-state index in [0.717, 1.165) is 31.2 Å². The van der Waals surface area contributed by atoms with Gasteiger partial charge in [0.15, 0.2) is 0 Å². The van der Waals surface area contributed by atoms with Crippen molar-refractivity contribution in [3.63, 3.8) is 0 Å². The number of phenolic OH excluding ortho intramolecular Hbond substituents is 1. The lowest BCUT2D eigenvalue weighted by atomic mass is 9.78. The van der Waals surface area contributed by atoms with Crippen LogP contribution in [0.2, 0.25) is 0 Å². The van der Waals surface area contributed by atoms with E-state index in [1.165, 1.54) is 20.3 Å². The molecule has 5 nitrogen and oxygen atoms in total. The van der Waals surface area contributed by atoms with Gasteiger partial charge >= 0.3 is 5.97 Å². The molecule has 0 bridgehead atoms. The van der Waals surface area contributed by atoms with Crippen LogP contribution in [0.1, 0.15) is 41.6 Å². The molecule has 1 saturated carbocycles. The summed E-state index contributed by atoms with van der Waals surface area (Å²) in [5.74, 6) is -0.0432. The van der Waals surface area contributed by atoms with Crippen molar-refractivity contribution in [2.24, 2.45) is 5.73 Å². The molecule has 0 unspecified atom stereocenters. The number of hydrogen-bond donors (Lipinski definition) is 2. The minimum atomic E-state index is -0.478. The fourth-order valence-corrected chi connectivity index (χ4v) is 3.07. The number of nitrogens with two attached hydrogens (primary N) is 1. The average Bonchev–Trinajstić information content (AvgIpc) is 2.95. The molecule has 1 fully saturated rings. The van der Waals surface area contributed by atoms with Gasteiger partial charge in [-0.15, -0.1) is 0 Å². The Balaban J connectivity index is 2.56. The van der Waals surface area contributed by atoms with Crippen LogP contribution in [0.3, 0.4) is 0 Å². The second-order valence-corrected chi connectivity index (χ2v) is 5.25. The van der Waals surface area contributed by atoms with Gasteiger partial charge in [-0.05, 0) is 18.9 Å². The number of benzene rings is 1. The molecule has 0 radical (unpaired) electrons. The van der Waals surface area contributed by atoms with E-state index in [4.69, 9.17) is 15.2 Å². The fourth-order valence-electron chi connectivity index (χ4n) is 3.07. The number of esters is 1. The van der Waals surface area contributed by atoms with E-state index in [2.05, 4.69) is 0 Å². The average molecular weight is 279 g/mol. The molecular weight excluding hydrogens is 258 g/mol. The van der Waals surface area contributed by atoms with Crippen molar-refractivity contribution >= 4 is 5.97 Å². The Kier molecular flexibility index (Phi) is 4.18. The van der Waals surface area contributed by atoms with Crippen LogP contribution >= 0.6 is 0 Å². The molecule has 0 aliphatic heterocycles. The number of hydrogen-bond acceptors (Lipinski definition) is 5. The highest BCUT2D eigenvalue weighted by molar-refractivity contribution is 5.93. The predicted molar refractivity (Wildman–Crippen MR) is 75.2 cm³/mol. The third-order valence-electron chi connectivity index (χ3n) is 4.25. The molecule has 0 saturated heterocycles. The highest BCUT2D eigenvalue weighted by atomic mass is 16.5. The van der Waals surface area contributed by atoms with Crippen molar-refractivity contribution < 1.29 is 19.4 Å². The summed E-state index contributed by atoms with van der Waals surface area (Å²) in [6, 6.07) is 3.13. The molecule has 0 amide bonds. The minimum Gasteiger partial charge on any atom is -0.508 e. The van der Waals surface area contributed by atoms with Crippen LogP contribution in [0, 0.1) is 0 Å². The summed E-state index contributed by atoms with van der Waals surface area (Å²) >= 11 is 0. The quantitative estimate of drug-likeness (QED) is 0.823. The lowest BCUT2D eigenvalue weighted by molar-refractivity contribution is 0.0597. The Morgan fingerprint density at radius 2 is 2.00 bits per heavy atom. The van der Waals surface area contributed by atoms with Gasteiger partial charge in [-0.3, -0.25) is 0 Å². The zero-order valence-electron chi connectivity index (χ0n) is 11.9. The number of ether oxygens (including phenoxy) is 2. The molecule has 2 rings (SSSR count). The first-order valence-electron chi connectivity index (χ1n) is 6.78. The molecule has 1 aromatic carbocycles. The molecule has 1 aliphatic rings. The maximum Gasteiger partial charge on any atom is 0.341 e. The summed E-state index contributed by atoms with van der Waals surface area (Å²) < 4.78 is 9.91. The molecule has 3 N–H and O–H groups in total. The first-order valence-corrected chi connectivity index (χ1v) is 6.78. The summed E-state index contributed by atoms with van der Waals surface area (Å²) in [6.07, 6.45) is 4.00. The van der Waals surface area contributed by atoms with Crippen molar-refractivity contribution in [3.8, 4) is 11.5 Å². The van der Waals surface area contributed by atoms with E-state index in [0.29, 0.717) is 17.9 Å². The topological polar surface area (TPSA) is 81.8 Å². The normalized spacial score (nSPS) is 16.9. The smallest absolute Gasteiger partial charge is 0.341 e. The molecule has 0 spiro atoms. The van der Waals surface area contributed by atoms with Crippen molar-refractivity contribution in [3.05, 3.63) is 23.3 Å². The van der Waals surface area contributed by atoms with Crippen LogP contribution in [-0.4, -0.2) is 31.8 Å². The highest BCUT2D eigenvalue weighted by Gasteiger charge is 2.37. The Hall–Kier alpha value is -1.75. The van der Waals surface area contributed by atoms with Crippen molar-refractivity contribution in [1.82, 2.24) is 0 Å². The van der Waals surface area contributed by atoms with Crippen LogP contribution in [-0.2, 0) is 10.2 Å². The summed E-state index contributed by atoms with van der Waals surface area (Å²) in [5.41, 5.74) is 6.73. The zero-order chi connectivity index (χ0) is 14.8. The SMILES string of the molecule is COC(=O)c1cc(C2(CN)CCCC2)c(O)cc1OC. The Bertz CT molecular complexity index is 507. The van der Waals surface area contributed by atoms with Gasteiger partial charge in [-0.2, -0.15) is 0 Å². The van der Waals surface area contributed by atoms with Gasteiger partial charge in [0.05, 0.1) is 14.2 Å². The van der Waals surface area contributed by atoms with Gasteiger partial charge < -0.3 is 20.3 Å². The monoisotopic (exact) mass is 279 g/mol. The number of aromatic hydroxyl groups is 1. The summed E-state index contributed by atoms with van der Waals surface area (Å²) in [6.45, 7) is 0.452. The van der Waals surface area contributed by atoms with E-state index < -0.39 is 5.97 Å². The second-order valence-electron chi connectivity index (χ2n) is 5.25. The van der Waals surface area contributed by atoms with E-state index in [1.807, 2.05) is 0 Å². The predicted octanol–water partition coefficient (Wildman–Crippen LogP) is 1.96. The van der Waals surface area contributed by atoms with Gasteiger partial charge in [-0.25, -0.2) is 4.79 Å². The molecule has 20 heavy (non-hydrogen) atoms. The van der Waals surface area contributed by atoms with Crippen molar-refractivity contribution in [2.75, 3.05) is 20.8 Å². The first kappa shape index (κ1) is 14.7. The molecule has 110 valence electrons. The number of phenols is 1. The fraction of sp³-hybridized carbons (Fsp3) is 0.533. The van der Waals surface area contributed by atoms with E-state index >= 15 is 0 Å². The Labute approximate surface area is 118 Å². The lowest BCUT2D eigenvalue weighted by Gasteiger charge is -2.29. The van der Waals surface area contributed by atoms with Crippen LogP contribution in [0.5, 0.6) is 11.5 Å². The minimum absolute atomic E-state index is 0.127. The number of carbonyl (C=O) groups is 1. The van der Waals surface area contributed by atoms with E-state index in [1.54, 1.807) is 6.07 Å². The van der Waals surface area contributed by atoms with Gasteiger partial charge in [0, 0.05) is 23.6 Å². The van der Waals surface area contributed by atoms with E-state index in [-0.39, 0.29) is 11.2 Å². The third kappa shape index (κ3) is 2.33. The first-order chi connectivity index (χ1) is 9.57. The number of rotatable bonds is 4. The highest BCUT2D eigenvalue weighted by Crippen LogP contribution is 2.45. The van der Waals surface area contributed by atoms with Crippen molar-refractivity contribution in [2.45, 2.75) is 31.1 Å². The summed E-state index contributed by atoms with van der Waals surface area (Å²) in [5, 5.41) is 10.3. The van der Waals surface area contributed by atoms with Crippen LogP contribution in [0.25, 0.3) is 0 Å². The number of carbonyl (C=O) groups excluding carboxylic acids is 1. The van der Waals surface area contributed by atoms with E-state index in [9.17, 15) is 9.90 Å². The second kappa shape index (κ2) is 5.71. The van der Waals surface area contributed by atoms with Crippen LogP contribution in [0.4, 0.5) is 0 Å². The molecule has 0 aromatic heterocycles. The molecule has 0 heterocycles. The molecule has 1 aliphatic carbocycles. The number of methoxy groups -OCH3 is 2. The lowest BCUT2D eigenvalue weighted by Crippen LogP contribution is -2.32. The summed E-state index contributed by atoms with van der Waals surface area (Å²) in [4.78, 5) is 11.8. The van der Waals surface area contributed by atoms with Gasteiger partial charge in [-0.1, -0.05) is 12.8 Å².